The van der Waals surface area contributed by atoms with Gasteiger partial charge in [-0.15, -0.1) is 0 Å². The van der Waals surface area contributed by atoms with E-state index in [1.54, 1.807) is 19.4 Å². The first-order valence-corrected chi connectivity index (χ1v) is 3.49. The summed E-state index contributed by atoms with van der Waals surface area (Å²) in [5, 5.41) is 2.87. The lowest BCUT2D eigenvalue weighted by atomic mass is 10.6. The van der Waals surface area contributed by atoms with E-state index in [0.29, 0.717) is 12.5 Å². The Labute approximate surface area is 65.6 Å². The Bertz CT molecular complexity index is 209. The Morgan fingerprint density at radius 3 is 2.73 bits per heavy atom. The maximum Gasteiger partial charge on any atom is 0.232 e. The van der Waals surface area contributed by atoms with E-state index in [0.717, 1.165) is 5.82 Å². The predicted octanol–water partition coefficient (Wildman–Crippen LogP) is 0.917. The number of hydrogen-bond acceptors (Lipinski definition) is 4. The summed E-state index contributed by atoms with van der Waals surface area (Å²) in [6, 6.07) is 0. The van der Waals surface area contributed by atoms with Crippen LogP contribution in [0.3, 0.4) is 0 Å². The highest BCUT2D eigenvalue weighted by atomic mass is 16.5. The summed E-state index contributed by atoms with van der Waals surface area (Å²) in [5.74, 6) is 1.31. The highest BCUT2D eigenvalue weighted by molar-refractivity contribution is 5.30. The van der Waals surface area contributed by atoms with Gasteiger partial charge in [0, 0.05) is 7.05 Å². The number of hydrogen-bond donors (Lipinski definition) is 1. The van der Waals surface area contributed by atoms with Gasteiger partial charge in [-0.05, 0) is 6.92 Å². The van der Waals surface area contributed by atoms with Crippen molar-refractivity contribution >= 4 is 5.82 Å². The Hall–Kier alpha value is -1.32. The van der Waals surface area contributed by atoms with Crippen LogP contribution in [-0.2, 0) is 0 Å². The second-order valence-electron chi connectivity index (χ2n) is 1.92. The molecule has 1 aromatic rings. The standard InChI is InChI=1S/C7H11N3O/c1-3-11-7-5-9-6(8-2)4-10-7/h4-5H,3H2,1-2H3,(H,8,9). The fourth-order valence-electron chi connectivity index (χ4n) is 0.668. The molecule has 1 N–H and O–H groups in total. The van der Waals surface area contributed by atoms with Crippen LogP contribution >= 0.6 is 0 Å². The molecule has 4 nitrogen and oxygen atoms in total. The Morgan fingerprint density at radius 1 is 1.45 bits per heavy atom. The van der Waals surface area contributed by atoms with Crippen molar-refractivity contribution in [2.24, 2.45) is 0 Å². The van der Waals surface area contributed by atoms with Gasteiger partial charge in [0.1, 0.15) is 5.82 Å². The van der Waals surface area contributed by atoms with Crippen molar-refractivity contribution in [1.29, 1.82) is 0 Å². The molecular formula is C7H11N3O. The summed E-state index contributed by atoms with van der Waals surface area (Å²) < 4.78 is 5.10. The van der Waals surface area contributed by atoms with Crippen LogP contribution in [0.25, 0.3) is 0 Å². The van der Waals surface area contributed by atoms with E-state index in [1.165, 1.54) is 0 Å². The molecule has 0 spiro atoms. The molecule has 0 aliphatic rings. The molecule has 0 bridgehead atoms. The molecule has 4 heteroatoms. The number of aromatic nitrogens is 2. The van der Waals surface area contributed by atoms with Crippen molar-refractivity contribution < 1.29 is 4.74 Å². The Morgan fingerprint density at radius 2 is 2.27 bits per heavy atom. The molecule has 0 aromatic carbocycles. The molecule has 0 fully saturated rings. The van der Waals surface area contributed by atoms with E-state index in [-0.39, 0.29) is 0 Å². The lowest BCUT2D eigenvalue weighted by molar-refractivity contribution is 0.325. The van der Waals surface area contributed by atoms with Gasteiger partial charge < -0.3 is 10.1 Å². The topological polar surface area (TPSA) is 47.0 Å². The third-order valence-corrected chi connectivity index (χ3v) is 1.18. The first-order chi connectivity index (χ1) is 5.36. The molecule has 0 aliphatic carbocycles. The molecule has 0 atom stereocenters. The first kappa shape index (κ1) is 7.78. The SMILES string of the molecule is CCOc1cnc(NC)cn1. The molecule has 0 saturated carbocycles. The van der Waals surface area contributed by atoms with Crippen LogP contribution in [0, 0.1) is 0 Å². The molecule has 0 radical (unpaired) electrons. The summed E-state index contributed by atoms with van der Waals surface area (Å²) >= 11 is 0. The highest BCUT2D eigenvalue weighted by Gasteiger charge is 1.93. The lowest BCUT2D eigenvalue weighted by Gasteiger charge is -2.01. The molecule has 0 amide bonds. The molecule has 60 valence electrons. The van der Waals surface area contributed by atoms with Crippen molar-refractivity contribution in [1.82, 2.24) is 9.97 Å². The van der Waals surface area contributed by atoms with E-state index in [9.17, 15) is 0 Å². The molecular weight excluding hydrogens is 142 g/mol. The second-order valence-corrected chi connectivity index (χ2v) is 1.92. The summed E-state index contributed by atoms with van der Waals surface area (Å²) in [5.41, 5.74) is 0. The van der Waals surface area contributed by atoms with Gasteiger partial charge in [0.25, 0.3) is 0 Å². The van der Waals surface area contributed by atoms with Gasteiger partial charge in [0.05, 0.1) is 19.0 Å². The van der Waals surface area contributed by atoms with Crippen LogP contribution in [0.5, 0.6) is 5.88 Å². The van der Waals surface area contributed by atoms with Crippen molar-refractivity contribution in [3.8, 4) is 5.88 Å². The first-order valence-electron chi connectivity index (χ1n) is 3.49. The van der Waals surface area contributed by atoms with Gasteiger partial charge in [0.15, 0.2) is 0 Å². The quantitative estimate of drug-likeness (QED) is 0.701. The molecule has 1 aromatic heterocycles. The van der Waals surface area contributed by atoms with E-state index in [1.807, 2.05) is 6.92 Å². The van der Waals surface area contributed by atoms with E-state index in [4.69, 9.17) is 4.74 Å². The minimum atomic E-state index is 0.562. The minimum Gasteiger partial charge on any atom is -0.477 e. The zero-order chi connectivity index (χ0) is 8.10. The number of nitrogens with zero attached hydrogens (tertiary/aromatic N) is 2. The summed E-state index contributed by atoms with van der Waals surface area (Å²) in [4.78, 5) is 8.01. The monoisotopic (exact) mass is 153 g/mol. The normalized spacial score (nSPS) is 9.27. The van der Waals surface area contributed by atoms with Crippen LogP contribution in [0.4, 0.5) is 5.82 Å². The Balaban J connectivity index is 2.66. The van der Waals surface area contributed by atoms with Crippen LogP contribution in [-0.4, -0.2) is 23.6 Å². The predicted molar refractivity (Wildman–Crippen MR) is 42.7 cm³/mol. The number of ether oxygens (including phenoxy) is 1. The van der Waals surface area contributed by atoms with Crippen molar-refractivity contribution in [2.45, 2.75) is 6.92 Å². The fourth-order valence-corrected chi connectivity index (χ4v) is 0.668. The smallest absolute Gasteiger partial charge is 0.232 e. The third kappa shape index (κ3) is 2.07. The lowest BCUT2D eigenvalue weighted by Crippen LogP contribution is -1.97. The van der Waals surface area contributed by atoms with Crippen LogP contribution in [0.1, 0.15) is 6.92 Å². The zero-order valence-corrected chi connectivity index (χ0v) is 6.66. The summed E-state index contributed by atoms with van der Waals surface area (Å²) in [6.07, 6.45) is 3.22. The van der Waals surface area contributed by atoms with Crippen LogP contribution in [0.2, 0.25) is 0 Å². The van der Waals surface area contributed by atoms with Gasteiger partial charge in [-0.3, -0.25) is 0 Å². The number of anilines is 1. The highest BCUT2D eigenvalue weighted by Crippen LogP contribution is 2.05. The van der Waals surface area contributed by atoms with Gasteiger partial charge in [-0.2, -0.15) is 0 Å². The third-order valence-electron chi connectivity index (χ3n) is 1.18. The van der Waals surface area contributed by atoms with Crippen molar-refractivity contribution in [3.63, 3.8) is 0 Å². The molecule has 0 saturated heterocycles. The van der Waals surface area contributed by atoms with Gasteiger partial charge in [0.2, 0.25) is 5.88 Å². The average molecular weight is 153 g/mol. The molecule has 1 heterocycles. The average Bonchev–Trinajstić information content (AvgIpc) is 2.07. The van der Waals surface area contributed by atoms with Gasteiger partial charge in [-0.25, -0.2) is 9.97 Å². The number of rotatable bonds is 3. The summed E-state index contributed by atoms with van der Waals surface area (Å²) in [7, 11) is 1.80. The van der Waals surface area contributed by atoms with Crippen LogP contribution in [0.15, 0.2) is 12.4 Å². The van der Waals surface area contributed by atoms with E-state index < -0.39 is 0 Å². The van der Waals surface area contributed by atoms with E-state index >= 15 is 0 Å². The Kier molecular flexibility index (Phi) is 2.66. The maximum absolute atomic E-state index is 5.10. The molecule has 11 heavy (non-hydrogen) atoms. The van der Waals surface area contributed by atoms with Gasteiger partial charge in [-0.1, -0.05) is 0 Å². The molecule has 0 unspecified atom stereocenters. The maximum atomic E-state index is 5.10. The minimum absolute atomic E-state index is 0.562. The largest absolute Gasteiger partial charge is 0.477 e. The zero-order valence-electron chi connectivity index (χ0n) is 6.66. The molecule has 1 rings (SSSR count). The fraction of sp³-hybridized carbons (Fsp3) is 0.429. The molecule has 0 aliphatic heterocycles. The van der Waals surface area contributed by atoms with Gasteiger partial charge >= 0.3 is 0 Å². The second kappa shape index (κ2) is 3.75. The van der Waals surface area contributed by atoms with Crippen LogP contribution < -0.4 is 10.1 Å². The van der Waals surface area contributed by atoms with Crippen molar-refractivity contribution in [2.75, 3.05) is 19.0 Å². The summed E-state index contributed by atoms with van der Waals surface area (Å²) in [6.45, 7) is 2.53. The van der Waals surface area contributed by atoms with Crippen molar-refractivity contribution in [3.05, 3.63) is 12.4 Å². The van der Waals surface area contributed by atoms with E-state index in [2.05, 4.69) is 15.3 Å². The number of nitrogens with one attached hydrogen (secondary N) is 1.